The van der Waals surface area contributed by atoms with Gasteiger partial charge < -0.3 is 10.8 Å². The lowest BCUT2D eigenvalue weighted by atomic mass is 10.1. The number of aromatic carboxylic acids is 1. The highest BCUT2D eigenvalue weighted by molar-refractivity contribution is 7.17. The number of hydrogen-bond acceptors (Lipinski definition) is 4. The summed E-state index contributed by atoms with van der Waals surface area (Å²) in [5, 5.41) is 8.88. The molecular formula is C12H12N2O2S. The van der Waals surface area contributed by atoms with E-state index in [9.17, 15) is 4.79 Å². The zero-order valence-electron chi connectivity index (χ0n) is 9.52. The standard InChI is InChI=1S/C12H12N2O2S/c1-6-5-7(2)14-11(10(6)13)8-3-4-9(17-8)12(15)16/h3-5H,13H2,1-2H3,(H,15,16). The third kappa shape index (κ3) is 2.14. The van der Waals surface area contributed by atoms with E-state index in [0.717, 1.165) is 16.1 Å². The number of nitrogens with two attached hydrogens (primary N) is 1. The molecular weight excluding hydrogens is 236 g/mol. The molecule has 0 amide bonds. The number of carbonyl (C=O) groups is 1. The number of nitrogen functional groups attached to an aromatic ring is 1. The maximum absolute atomic E-state index is 10.8. The van der Waals surface area contributed by atoms with Gasteiger partial charge in [0.05, 0.1) is 10.6 Å². The van der Waals surface area contributed by atoms with E-state index < -0.39 is 5.97 Å². The van der Waals surface area contributed by atoms with Gasteiger partial charge in [-0.2, -0.15) is 0 Å². The highest BCUT2D eigenvalue weighted by Gasteiger charge is 2.13. The molecule has 3 N–H and O–H groups in total. The van der Waals surface area contributed by atoms with Gasteiger partial charge in [-0.25, -0.2) is 4.79 Å². The predicted molar refractivity (Wildman–Crippen MR) is 68.4 cm³/mol. The van der Waals surface area contributed by atoms with Gasteiger partial charge >= 0.3 is 5.97 Å². The molecule has 0 aliphatic rings. The van der Waals surface area contributed by atoms with Crippen LogP contribution in [0.2, 0.25) is 0 Å². The normalized spacial score (nSPS) is 10.5. The van der Waals surface area contributed by atoms with Gasteiger partial charge in [-0.05, 0) is 37.6 Å². The fourth-order valence-electron chi connectivity index (χ4n) is 1.61. The molecule has 2 aromatic heterocycles. The number of rotatable bonds is 2. The zero-order valence-corrected chi connectivity index (χ0v) is 10.3. The minimum Gasteiger partial charge on any atom is -0.477 e. The molecule has 88 valence electrons. The van der Waals surface area contributed by atoms with E-state index in [-0.39, 0.29) is 0 Å². The summed E-state index contributed by atoms with van der Waals surface area (Å²) in [5.41, 5.74) is 9.07. The second-order valence-corrected chi connectivity index (χ2v) is 4.90. The van der Waals surface area contributed by atoms with Crippen molar-refractivity contribution >= 4 is 23.0 Å². The van der Waals surface area contributed by atoms with Gasteiger partial charge in [-0.1, -0.05) is 0 Å². The van der Waals surface area contributed by atoms with Crippen LogP contribution >= 0.6 is 11.3 Å². The van der Waals surface area contributed by atoms with E-state index >= 15 is 0 Å². The average molecular weight is 248 g/mol. The number of anilines is 1. The lowest BCUT2D eigenvalue weighted by Gasteiger charge is -2.07. The Morgan fingerprint density at radius 2 is 2.12 bits per heavy atom. The summed E-state index contributed by atoms with van der Waals surface area (Å²) in [7, 11) is 0. The first kappa shape index (κ1) is 11.6. The summed E-state index contributed by atoms with van der Waals surface area (Å²) >= 11 is 1.18. The van der Waals surface area contributed by atoms with Crippen LogP contribution in [0.1, 0.15) is 20.9 Å². The largest absolute Gasteiger partial charge is 0.477 e. The average Bonchev–Trinajstić information content (AvgIpc) is 2.72. The Kier molecular flexibility index (Phi) is 2.85. The number of hydrogen-bond donors (Lipinski definition) is 2. The van der Waals surface area contributed by atoms with Crippen molar-refractivity contribution in [2.75, 3.05) is 5.73 Å². The molecule has 0 bridgehead atoms. The number of aromatic nitrogens is 1. The number of carboxylic acids is 1. The van der Waals surface area contributed by atoms with Crippen molar-refractivity contribution in [3.8, 4) is 10.6 Å². The number of pyridine rings is 1. The molecule has 0 radical (unpaired) electrons. The molecule has 0 aliphatic carbocycles. The third-order valence-corrected chi connectivity index (χ3v) is 3.52. The van der Waals surface area contributed by atoms with Gasteiger partial charge in [-0.3, -0.25) is 4.98 Å². The molecule has 2 aromatic rings. The van der Waals surface area contributed by atoms with Crippen molar-refractivity contribution < 1.29 is 9.90 Å². The van der Waals surface area contributed by atoms with Crippen LogP contribution in [0, 0.1) is 13.8 Å². The third-order valence-electron chi connectivity index (χ3n) is 2.44. The molecule has 17 heavy (non-hydrogen) atoms. The highest BCUT2D eigenvalue weighted by Crippen LogP contribution is 2.32. The maximum Gasteiger partial charge on any atom is 0.345 e. The zero-order chi connectivity index (χ0) is 12.6. The maximum atomic E-state index is 10.8. The van der Waals surface area contributed by atoms with Crippen molar-refractivity contribution in [1.29, 1.82) is 0 Å². The number of carboxylic acid groups (broad SMARTS) is 1. The summed E-state index contributed by atoms with van der Waals surface area (Å²) in [6.45, 7) is 3.81. The molecule has 0 aliphatic heterocycles. The van der Waals surface area contributed by atoms with Crippen molar-refractivity contribution in [3.63, 3.8) is 0 Å². The first-order chi connectivity index (χ1) is 7.99. The Bertz CT molecular complexity index is 590. The fourth-order valence-corrected chi connectivity index (χ4v) is 2.46. The van der Waals surface area contributed by atoms with Crippen molar-refractivity contribution in [2.45, 2.75) is 13.8 Å². The van der Waals surface area contributed by atoms with Crippen LogP contribution in [0.3, 0.4) is 0 Å². The predicted octanol–water partition coefficient (Wildman–Crippen LogP) is 2.71. The Hall–Kier alpha value is -1.88. The molecule has 2 heterocycles. The second kappa shape index (κ2) is 4.18. The van der Waals surface area contributed by atoms with Gasteiger partial charge in [-0.15, -0.1) is 11.3 Å². The molecule has 0 spiro atoms. The Morgan fingerprint density at radius 3 is 2.71 bits per heavy atom. The smallest absolute Gasteiger partial charge is 0.345 e. The Labute approximate surface area is 103 Å². The Morgan fingerprint density at radius 1 is 1.41 bits per heavy atom. The van der Waals surface area contributed by atoms with Gasteiger partial charge in [0, 0.05) is 5.69 Å². The van der Waals surface area contributed by atoms with Crippen LogP contribution in [0.4, 0.5) is 5.69 Å². The molecule has 0 aromatic carbocycles. The minimum absolute atomic E-state index is 0.292. The summed E-state index contributed by atoms with van der Waals surface area (Å²) in [6, 6.07) is 5.22. The summed E-state index contributed by atoms with van der Waals surface area (Å²) in [5.74, 6) is -0.927. The molecule has 2 rings (SSSR count). The fraction of sp³-hybridized carbons (Fsp3) is 0.167. The van der Waals surface area contributed by atoms with E-state index in [4.69, 9.17) is 10.8 Å². The van der Waals surface area contributed by atoms with E-state index in [1.54, 1.807) is 12.1 Å². The van der Waals surface area contributed by atoms with Gasteiger partial charge in [0.2, 0.25) is 0 Å². The van der Waals surface area contributed by atoms with Crippen molar-refractivity contribution in [2.24, 2.45) is 0 Å². The van der Waals surface area contributed by atoms with Crippen LogP contribution < -0.4 is 5.73 Å². The summed E-state index contributed by atoms with van der Waals surface area (Å²) in [6.07, 6.45) is 0. The first-order valence-electron chi connectivity index (χ1n) is 5.06. The molecule has 0 fully saturated rings. The van der Waals surface area contributed by atoms with Crippen LogP contribution in [-0.2, 0) is 0 Å². The van der Waals surface area contributed by atoms with Gasteiger partial charge in [0.25, 0.3) is 0 Å². The topological polar surface area (TPSA) is 76.2 Å². The number of nitrogens with zero attached hydrogens (tertiary/aromatic N) is 1. The van der Waals surface area contributed by atoms with Crippen LogP contribution in [0.15, 0.2) is 18.2 Å². The lowest BCUT2D eigenvalue weighted by molar-refractivity contribution is 0.0702. The summed E-state index contributed by atoms with van der Waals surface area (Å²) in [4.78, 5) is 16.3. The van der Waals surface area contributed by atoms with Crippen molar-refractivity contribution in [1.82, 2.24) is 4.98 Å². The molecule has 4 nitrogen and oxygen atoms in total. The number of aryl methyl sites for hydroxylation is 2. The molecule has 5 heteroatoms. The van der Waals surface area contributed by atoms with Crippen LogP contribution in [0.25, 0.3) is 10.6 Å². The van der Waals surface area contributed by atoms with Crippen molar-refractivity contribution in [3.05, 3.63) is 34.3 Å². The monoisotopic (exact) mass is 248 g/mol. The van der Waals surface area contributed by atoms with Crippen LogP contribution in [-0.4, -0.2) is 16.1 Å². The summed E-state index contributed by atoms with van der Waals surface area (Å²) < 4.78 is 0. The lowest BCUT2D eigenvalue weighted by Crippen LogP contribution is -1.97. The number of thiophene rings is 1. The highest BCUT2D eigenvalue weighted by atomic mass is 32.1. The van der Waals surface area contributed by atoms with E-state index in [1.165, 1.54) is 11.3 Å². The van der Waals surface area contributed by atoms with Crippen LogP contribution in [0.5, 0.6) is 0 Å². The van der Waals surface area contributed by atoms with Gasteiger partial charge in [0.1, 0.15) is 10.6 Å². The second-order valence-electron chi connectivity index (χ2n) is 3.81. The Balaban J connectivity index is 2.56. The van der Waals surface area contributed by atoms with E-state index in [2.05, 4.69) is 4.98 Å². The molecule has 0 unspecified atom stereocenters. The first-order valence-corrected chi connectivity index (χ1v) is 5.88. The molecule has 0 saturated carbocycles. The molecule has 0 atom stereocenters. The quantitative estimate of drug-likeness (QED) is 0.856. The minimum atomic E-state index is -0.927. The van der Waals surface area contributed by atoms with E-state index in [1.807, 2.05) is 19.9 Å². The van der Waals surface area contributed by atoms with Gasteiger partial charge in [0.15, 0.2) is 0 Å². The van der Waals surface area contributed by atoms with E-state index in [0.29, 0.717) is 16.3 Å². The molecule has 0 saturated heterocycles. The SMILES string of the molecule is Cc1cc(C)c(N)c(-c2ccc(C(=O)O)s2)n1.